The van der Waals surface area contributed by atoms with Crippen molar-refractivity contribution in [1.82, 2.24) is 0 Å². The average molecular weight is 198 g/mol. The van der Waals surface area contributed by atoms with Crippen LogP contribution >= 0.6 is 11.3 Å². The number of hydrogen-bond donors (Lipinski definition) is 1. The Labute approximate surface area is 80.0 Å². The summed E-state index contributed by atoms with van der Waals surface area (Å²) in [4.78, 5) is 11.6. The smallest absolute Gasteiger partial charge is 0.449 e. The summed E-state index contributed by atoms with van der Waals surface area (Å²) in [6.45, 7) is 0. The Morgan fingerprint density at radius 2 is 2.23 bits per heavy atom. The Balaban J connectivity index is 2.20. The zero-order chi connectivity index (χ0) is 9.26. The van der Waals surface area contributed by atoms with Crippen LogP contribution in [0.1, 0.15) is 23.3 Å². The van der Waals surface area contributed by atoms with Crippen LogP contribution in [0.5, 0.6) is 5.06 Å². The molecule has 0 aliphatic heterocycles. The first-order valence-corrected chi connectivity index (χ1v) is 5.10. The predicted octanol–water partition coefficient (Wildman–Crippen LogP) is 2.68. The van der Waals surface area contributed by atoms with Gasteiger partial charge in [-0.25, -0.2) is 4.79 Å². The molecule has 0 saturated carbocycles. The van der Waals surface area contributed by atoms with Crippen LogP contribution in [0.25, 0.3) is 0 Å². The summed E-state index contributed by atoms with van der Waals surface area (Å²) in [6.07, 6.45) is 3.33. The van der Waals surface area contributed by atoms with Gasteiger partial charge >= 0.3 is 6.16 Å². The number of rotatable bonds is 1. The Morgan fingerprint density at radius 3 is 2.92 bits per heavy atom. The van der Waals surface area contributed by atoms with Crippen molar-refractivity contribution in [1.29, 1.82) is 0 Å². The number of thiophene rings is 1. The fourth-order valence-corrected chi connectivity index (χ4v) is 2.70. The number of carboxylic acid groups (broad SMARTS) is 1. The highest BCUT2D eigenvalue weighted by Gasteiger charge is 2.15. The molecule has 0 aromatic carbocycles. The quantitative estimate of drug-likeness (QED) is 0.706. The second kappa shape index (κ2) is 3.38. The van der Waals surface area contributed by atoms with Gasteiger partial charge in [-0.1, -0.05) is 0 Å². The zero-order valence-electron chi connectivity index (χ0n) is 7.08. The standard InChI is InChI=1S/C9H10O3S/c10-9(11)12-8-5-6-3-1-2-4-7(6)13-8/h5H,1-4H2,(H,10,11). The van der Waals surface area contributed by atoms with E-state index in [1.165, 1.54) is 34.6 Å². The second-order valence-corrected chi connectivity index (χ2v) is 4.19. The van der Waals surface area contributed by atoms with Crippen LogP contribution in [-0.2, 0) is 12.8 Å². The van der Waals surface area contributed by atoms with Crippen LogP contribution in [-0.4, -0.2) is 11.3 Å². The van der Waals surface area contributed by atoms with Crippen molar-refractivity contribution in [3.8, 4) is 5.06 Å². The molecule has 1 aromatic heterocycles. The molecule has 0 amide bonds. The van der Waals surface area contributed by atoms with Crippen molar-refractivity contribution in [2.24, 2.45) is 0 Å². The van der Waals surface area contributed by atoms with Crippen LogP contribution in [0.3, 0.4) is 0 Å². The fraction of sp³-hybridized carbons (Fsp3) is 0.444. The summed E-state index contributed by atoms with van der Waals surface area (Å²) >= 11 is 1.46. The van der Waals surface area contributed by atoms with Gasteiger partial charge in [-0.3, -0.25) is 0 Å². The molecule has 0 spiro atoms. The highest BCUT2D eigenvalue weighted by atomic mass is 32.1. The molecule has 0 bridgehead atoms. The monoisotopic (exact) mass is 198 g/mol. The van der Waals surface area contributed by atoms with Gasteiger partial charge in [0.25, 0.3) is 0 Å². The summed E-state index contributed by atoms with van der Waals surface area (Å²) in [5.74, 6) is 0. The number of carbonyl (C=O) groups is 1. The summed E-state index contributed by atoms with van der Waals surface area (Å²) in [6, 6.07) is 1.85. The molecule has 0 radical (unpaired) electrons. The lowest BCUT2D eigenvalue weighted by atomic mass is 10.00. The summed E-state index contributed by atoms with van der Waals surface area (Å²) < 4.78 is 4.60. The average Bonchev–Trinajstić information content (AvgIpc) is 2.44. The van der Waals surface area contributed by atoms with E-state index in [4.69, 9.17) is 5.11 Å². The first-order chi connectivity index (χ1) is 6.25. The molecular formula is C9H10O3S. The largest absolute Gasteiger partial charge is 0.512 e. The molecule has 1 aliphatic carbocycles. The molecular weight excluding hydrogens is 188 g/mol. The number of ether oxygens (including phenoxy) is 1. The summed E-state index contributed by atoms with van der Waals surface area (Å²) in [7, 11) is 0. The fourth-order valence-electron chi connectivity index (χ4n) is 1.60. The molecule has 0 fully saturated rings. The molecule has 1 aliphatic rings. The summed E-state index contributed by atoms with van der Waals surface area (Å²) in [5.41, 5.74) is 1.27. The van der Waals surface area contributed by atoms with Gasteiger partial charge in [-0.05, 0) is 37.3 Å². The molecule has 1 aromatic rings. The van der Waals surface area contributed by atoms with Gasteiger partial charge in [0.2, 0.25) is 0 Å². The Morgan fingerprint density at radius 1 is 1.46 bits per heavy atom. The third kappa shape index (κ3) is 1.83. The number of aryl methyl sites for hydroxylation is 2. The van der Waals surface area contributed by atoms with E-state index in [2.05, 4.69) is 4.74 Å². The lowest BCUT2D eigenvalue weighted by molar-refractivity contribution is 0.146. The number of fused-ring (bicyclic) bond motifs is 1. The van der Waals surface area contributed by atoms with E-state index in [0.717, 1.165) is 12.8 Å². The molecule has 0 atom stereocenters. The van der Waals surface area contributed by atoms with Gasteiger partial charge < -0.3 is 9.84 Å². The summed E-state index contributed by atoms with van der Waals surface area (Å²) in [5, 5.41) is 8.93. The first-order valence-electron chi connectivity index (χ1n) is 4.28. The van der Waals surface area contributed by atoms with Crippen LogP contribution < -0.4 is 4.74 Å². The molecule has 1 heterocycles. The maximum atomic E-state index is 10.3. The van der Waals surface area contributed by atoms with E-state index in [-0.39, 0.29) is 0 Å². The van der Waals surface area contributed by atoms with Crippen molar-refractivity contribution < 1.29 is 14.6 Å². The molecule has 70 valence electrons. The highest BCUT2D eigenvalue weighted by molar-refractivity contribution is 7.14. The Bertz CT molecular complexity index is 306. The van der Waals surface area contributed by atoms with Crippen molar-refractivity contribution >= 4 is 17.5 Å². The normalized spacial score (nSPS) is 15.1. The van der Waals surface area contributed by atoms with Crippen LogP contribution in [0, 0.1) is 0 Å². The SMILES string of the molecule is O=C(O)Oc1cc2c(s1)CCCC2. The lowest BCUT2D eigenvalue weighted by Crippen LogP contribution is -2.00. The van der Waals surface area contributed by atoms with Crippen molar-refractivity contribution in [2.75, 3.05) is 0 Å². The van der Waals surface area contributed by atoms with E-state index in [1.54, 1.807) is 0 Å². The van der Waals surface area contributed by atoms with Gasteiger partial charge in [0, 0.05) is 4.88 Å². The molecule has 3 nitrogen and oxygen atoms in total. The minimum Gasteiger partial charge on any atom is -0.449 e. The molecule has 2 rings (SSSR count). The Kier molecular flexibility index (Phi) is 2.22. The van der Waals surface area contributed by atoms with Gasteiger partial charge in [0.1, 0.15) is 0 Å². The van der Waals surface area contributed by atoms with E-state index >= 15 is 0 Å². The van der Waals surface area contributed by atoms with E-state index in [0.29, 0.717) is 5.06 Å². The second-order valence-electron chi connectivity index (χ2n) is 3.09. The lowest BCUT2D eigenvalue weighted by Gasteiger charge is -2.08. The third-order valence-corrected chi connectivity index (χ3v) is 3.28. The molecule has 4 heteroatoms. The molecule has 0 unspecified atom stereocenters. The van der Waals surface area contributed by atoms with E-state index in [1.807, 2.05) is 6.07 Å². The minimum absolute atomic E-state index is 0.513. The van der Waals surface area contributed by atoms with Crippen LogP contribution in [0.2, 0.25) is 0 Å². The minimum atomic E-state index is -1.22. The zero-order valence-corrected chi connectivity index (χ0v) is 7.89. The van der Waals surface area contributed by atoms with Gasteiger partial charge in [0.15, 0.2) is 5.06 Å². The van der Waals surface area contributed by atoms with E-state index < -0.39 is 6.16 Å². The predicted molar refractivity (Wildman–Crippen MR) is 49.6 cm³/mol. The van der Waals surface area contributed by atoms with Crippen LogP contribution in [0.15, 0.2) is 6.07 Å². The highest BCUT2D eigenvalue weighted by Crippen LogP contribution is 2.34. The van der Waals surface area contributed by atoms with Gasteiger partial charge in [-0.15, -0.1) is 11.3 Å². The van der Waals surface area contributed by atoms with Gasteiger partial charge in [-0.2, -0.15) is 0 Å². The molecule has 0 saturated heterocycles. The number of hydrogen-bond acceptors (Lipinski definition) is 3. The first kappa shape index (κ1) is 8.56. The van der Waals surface area contributed by atoms with E-state index in [9.17, 15) is 4.79 Å². The maximum absolute atomic E-state index is 10.3. The van der Waals surface area contributed by atoms with Crippen molar-refractivity contribution in [3.63, 3.8) is 0 Å². The van der Waals surface area contributed by atoms with Crippen molar-refractivity contribution in [3.05, 3.63) is 16.5 Å². The molecule has 13 heavy (non-hydrogen) atoms. The van der Waals surface area contributed by atoms with Gasteiger partial charge in [0.05, 0.1) is 0 Å². The molecule has 1 N–H and O–H groups in total. The van der Waals surface area contributed by atoms with Crippen molar-refractivity contribution in [2.45, 2.75) is 25.7 Å². The maximum Gasteiger partial charge on any atom is 0.512 e. The van der Waals surface area contributed by atoms with Crippen LogP contribution in [0.4, 0.5) is 4.79 Å². The third-order valence-electron chi connectivity index (χ3n) is 2.16. The topological polar surface area (TPSA) is 46.5 Å². The Hall–Kier alpha value is -1.03.